The van der Waals surface area contributed by atoms with Crippen LogP contribution in [0, 0.1) is 0 Å². The summed E-state index contributed by atoms with van der Waals surface area (Å²) in [4.78, 5) is 0. The van der Waals surface area contributed by atoms with E-state index in [-0.39, 0.29) is 0 Å². The Bertz CT molecular complexity index is 579. The molecule has 0 fully saturated rings. The van der Waals surface area contributed by atoms with E-state index < -0.39 is 0 Å². The number of nitrogens with two attached hydrogens (primary N) is 1. The highest BCUT2D eigenvalue weighted by Crippen LogP contribution is 2.42. The minimum absolute atomic E-state index is 0.306. The van der Waals surface area contributed by atoms with Crippen LogP contribution in [0.15, 0.2) is 30.3 Å². The first-order valence-electron chi connectivity index (χ1n) is 5.17. The summed E-state index contributed by atoms with van der Waals surface area (Å²) in [7, 11) is 0. The van der Waals surface area contributed by atoms with Crippen molar-refractivity contribution >= 4 is 46.4 Å². The molecule has 5 heteroatoms. The predicted molar refractivity (Wildman–Crippen MR) is 79.8 cm³/mol. The number of hydrogen-bond acceptors (Lipinski definition) is 1. The molecule has 2 N–H and O–H groups in total. The zero-order valence-corrected chi connectivity index (χ0v) is 12.2. The summed E-state index contributed by atoms with van der Waals surface area (Å²) in [6.45, 7) is 0.489. The SMILES string of the molecule is NCc1ccc(-c2c(Cl)cc(Cl)c(Cl)c2Cl)cc1. The number of halogens is 4. The summed E-state index contributed by atoms with van der Waals surface area (Å²) in [5.74, 6) is 0. The van der Waals surface area contributed by atoms with Gasteiger partial charge >= 0.3 is 0 Å². The van der Waals surface area contributed by atoms with Crippen LogP contribution in [0.25, 0.3) is 11.1 Å². The Kier molecular flexibility index (Phi) is 4.41. The van der Waals surface area contributed by atoms with Crippen molar-refractivity contribution in [2.75, 3.05) is 0 Å². The Morgan fingerprint density at radius 2 is 1.44 bits per heavy atom. The third-order valence-electron chi connectivity index (χ3n) is 2.59. The summed E-state index contributed by atoms with van der Waals surface area (Å²) in [6, 6.07) is 9.23. The number of rotatable bonds is 2. The maximum Gasteiger partial charge on any atom is 0.0785 e. The van der Waals surface area contributed by atoms with Crippen LogP contribution in [0.1, 0.15) is 5.56 Å². The quantitative estimate of drug-likeness (QED) is 0.579. The van der Waals surface area contributed by atoms with E-state index in [1.807, 2.05) is 24.3 Å². The van der Waals surface area contributed by atoms with Crippen molar-refractivity contribution in [3.05, 3.63) is 56.0 Å². The molecule has 18 heavy (non-hydrogen) atoms. The number of hydrogen-bond donors (Lipinski definition) is 1. The van der Waals surface area contributed by atoms with Crippen molar-refractivity contribution < 1.29 is 0 Å². The monoisotopic (exact) mass is 319 g/mol. The fourth-order valence-corrected chi connectivity index (χ4v) is 2.77. The van der Waals surface area contributed by atoms with Crippen molar-refractivity contribution in [2.24, 2.45) is 5.73 Å². The molecule has 0 saturated heterocycles. The lowest BCUT2D eigenvalue weighted by molar-refractivity contribution is 1.07. The molecular formula is C13H9Cl4N. The van der Waals surface area contributed by atoms with E-state index in [0.29, 0.717) is 32.2 Å². The first-order chi connectivity index (χ1) is 8.54. The van der Waals surface area contributed by atoms with Crippen molar-refractivity contribution in [1.29, 1.82) is 0 Å². The second-order valence-electron chi connectivity index (χ2n) is 3.74. The fourth-order valence-electron chi connectivity index (χ4n) is 1.64. The molecule has 0 heterocycles. The van der Waals surface area contributed by atoms with Gasteiger partial charge in [0.15, 0.2) is 0 Å². The van der Waals surface area contributed by atoms with Gasteiger partial charge in [-0.1, -0.05) is 70.7 Å². The molecule has 1 nitrogen and oxygen atoms in total. The Morgan fingerprint density at radius 1 is 0.833 bits per heavy atom. The molecule has 0 aromatic heterocycles. The average Bonchev–Trinajstić information content (AvgIpc) is 2.37. The molecule has 0 saturated carbocycles. The summed E-state index contributed by atoms with van der Waals surface area (Å²) >= 11 is 24.3. The van der Waals surface area contributed by atoms with Gasteiger partial charge in [-0.3, -0.25) is 0 Å². The molecule has 0 bridgehead atoms. The van der Waals surface area contributed by atoms with Gasteiger partial charge in [0, 0.05) is 12.1 Å². The minimum Gasteiger partial charge on any atom is -0.326 e. The molecule has 2 rings (SSSR count). The first-order valence-corrected chi connectivity index (χ1v) is 6.68. The van der Waals surface area contributed by atoms with Gasteiger partial charge in [-0.15, -0.1) is 0 Å². The van der Waals surface area contributed by atoms with E-state index in [1.54, 1.807) is 6.07 Å². The van der Waals surface area contributed by atoms with E-state index in [1.165, 1.54) is 0 Å². The molecule has 0 aliphatic carbocycles. The van der Waals surface area contributed by atoms with Gasteiger partial charge in [0.25, 0.3) is 0 Å². The van der Waals surface area contributed by atoms with Crippen LogP contribution >= 0.6 is 46.4 Å². The summed E-state index contributed by atoms with van der Waals surface area (Å²) in [5, 5.41) is 1.47. The molecule has 0 radical (unpaired) electrons. The molecule has 0 aliphatic heterocycles. The first kappa shape index (κ1) is 14.0. The highest BCUT2D eigenvalue weighted by molar-refractivity contribution is 6.51. The second kappa shape index (κ2) is 5.68. The van der Waals surface area contributed by atoms with Crippen molar-refractivity contribution in [1.82, 2.24) is 0 Å². The number of benzene rings is 2. The van der Waals surface area contributed by atoms with E-state index in [0.717, 1.165) is 11.1 Å². The molecule has 0 atom stereocenters. The van der Waals surface area contributed by atoms with Crippen LogP contribution in [0.3, 0.4) is 0 Å². The van der Waals surface area contributed by atoms with Crippen molar-refractivity contribution in [3.8, 4) is 11.1 Å². The zero-order chi connectivity index (χ0) is 13.3. The molecule has 0 unspecified atom stereocenters. The van der Waals surface area contributed by atoms with Crippen molar-refractivity contribution in [3.63, 3.8) is 0 Å². The van der Waals surface area contributed by atoms with Gasteiger partial charge < -0.3 is 5.73 Å². The lowest BCUT2D eigenvalue weighted by Gasteiger charge is -2.10. The van der Waals surface area contributed by atoms with Gasteiger partial charge in [0.2, 0.25) is 0 Å². The summed E-state index contributed by atoms with van der Waals surface area (Å²) in [5.41, 5.74) is 8.14. The van der Waals surface area contributed by atoms with E-state index in [9.17, 15) is 0 Å². The van der Waals surface area contributed by atoms with Crippen LogP contribution in [-0.2, 0) is 6.54 Å². The van der Waals surface area contributed by atoms with E-state index >= 15 is 0 Å². The maximum absolute atomic E-state index is 6.19. The smallest absolute Gasteiger partial charge is 0.0785 e. The van der Waals surface area contributed by atoms with Crippen LogP contribution in [-0.4, -0.2) is 0 Å². The Morgan fingerprint density at radius 3 is 2.00 bits per heavy atom. The second-order valence-corrected chi connectivity index (χ2v) is 5.31. The third kappa shape index (κ3) is 2.61. The van der Waals surface area contributed by atoms with Crippen LogP contribution in [0.2, 0.25) is 20.1 Å². The van der Waals surface area contributed by atoms with E-state index in [2.05, 4.69) is 0 Å². The highest BCUT2D eigenvalue weighted by atomic mass is 35.5. The topological polar surface area (TPSA) is 26.0 Å². The molecule has 0 amide bonds. The highest BCUT2D eigenvalue weighted by Gasteiger charge is 2.15. The van der Waals surface area contributed by atoms with Gasteiger partial charge in [0.05, 0.1) is 20.1 Å². The lowest BCUT2D eigenvalue weighted by Crippen LogP contribution is -1.95. The van der Waals surface area contributed by atoms with Crippen molar-refractivity contribution in [2.45, 2.75) is 6.54 Å². The van der Waals surface area contributed by atoms with Gasteiger partial charge in [-0.2, -0.15) is 0 Å². The molecule has 94 valence electrons. The minimum atomic E-state index is 0.306. The zero-order valence-electron chi connectivity index (χ0n) is 9.18. The van der Waals surface area contributed by atoms with Crippen LogP contribution in [0.4, 0.5) is 0 Å². The predicted octanol–water partition coefficient (Wildman–Crippen LogP) is 5.43. The Hall–Kier alpha value is -0.440. The Balaban J connectivity index is 2.59. The summed E-state index contributed by atoms with van der Waals surface area (Å²) in [6.07, 6.45) is 0. The maximum atomic E-state index is 6.19. The van der Waals surface area contributed by atoms with Gasteiger partial charge in [0.1, 0.15) is 0 Å². The molecular weight excluding hydrogens is 312 g/mol. The van der Waals surface area contributed by atoms with E-state index in [4.69, 9.17) is 52.1 Å². The largest absolute Gasteiger partial charge is 0.326 e. The molecule has 0 spiro atoms. The standard InChI is InChI=1S/C13H9Cl4N/c14-9-5-10(15)12(16)13(17)11(9)8-3-1-7(6-18)2-4-8/h1-5H,6,18H2. The molecule has 0 aliphatic rings. The fraction of sp³-hybridized carbons (Fsp3) is 0.0769. The molecule has 2 aromatic rings. The van der Waals surface area contributed by atoms with Gasteiger partial charge in [-0.05, 0) is 17.2 Å². The lowest BCUT2D eigenvalue weighted by atomic mass is 10.0. The third-order valence-corrected chi connectivity index (χ3v) is 4.15. The normalized spacial score (nSPS) is 10.7. The average molecular weight is 321 g/mol. The Labute approximate surface area is 125 Å². The van der Waals surface area contributed by atoms with Crippen LogP contribution < -0.4 is 5.73 Å². The van der Waals surface area contributed by atoms with Gasteiger partial charge in [-0.25, -0.2) is 0 Å². The molecule has 2 aromatic carbocycles. The summed E-state index contributed by atoms with van der Waals surface area (Å²) < 4.78 is 0. The van der Waals surface area contributed by atoms with Crippen LogP contribution in [0.5, 0.6) is 0 Å².